The Morgan fingerprint density at radius 2 is 1.82 bits per heavy atom. The molecule has 0 spiro atoms. The fraction of sp³-hybridized carbons (Fsp3) is 0.667. The smallest absolute Gasteiger partial charge is 0.305 e. The second-order valence-electron chi connectivity index (χ2n) is 8.97. The molecule has 2 aliphatic heterocycles. The van der Waals surface area contributed by atoms with Gasteiger partial charge in [0.25, 0.3) is 0 Å². The van der Waals surface area contributed by atoms with Crippen LogP contribution < -0.4 is 9.64 Å². The van der Waals surface area contributed by atoms with E-state index >= 15 is 0 Å². The van der Waals surface area contributed by atoms with Crippen molar-refractivity contribution in [2.45, 2.75) is 50.8 Å². The first-order chi connectivity index (χ1) is 16.3. The minimum atomic E-state index is -3.58. The predicted molar refractivity (Wildman–Crippen MR) is 129 cm³/mol. The Hall–Kier alpha value is -2.33. The van der Waals surface area contributed by atoms with Crippen molar-refractivity contribution >= 4 is 27.6 Å². The summed E-state index contributed by atoms with van der Waals surface area (Å²) in [6.07, 6.45) is 2.95. The number of piperidine rings is 1. The van der Waals surface area contributed by atoms with Crippen LogP contribution in [0, 0.1) is 5.92 Å². The first-order valence-electron chi connectivity index (χ1n) is 12.1. The molecule has 190 valence electrons. The standard InChI is InChI=1S/C24H37N3O6S/c1-4-33-24(29)9-5-8-23(28)26-15-13-25(14-16-26)21-17-20(10-11-22(21)32-3)34(30,31)27-12-6-7-19(2)18-27/h10-11,17,19H,4-9,12-16,18H2,1-3H3/t19-/m0/s1. The third kappa shape index (κ3) is 6.41. The molecule has 1 atom stereocenters. The van der Waals surface area contributed by atoms with Gasteiger partial charge in [0.1, 0.15) is 5.75 Å². The largest absolute Gasteiger partial charge is 0.495 e. The highest BCUT2D eigenvalue weighted by molar-refractivity contribution is 7.89. The van der Waals surface area contributed by atoms with Crippen LogP contribution in [-0.4, -0.2) is 82.5 Å². The summed E-state index contributed by atoms with van der Waals surface area (Å²) in [4.78, 5) is 28.1. The topological polar surface area (TPSA) is 96.5 Å². The van der Waals surface area contributed by atoms with Gasteiger partial charge in [-0.15, -0.1) is 0 Å². The van der Waals surface area contributed by atoms with E-state index in [4.69, 9.17) is 9.47 Å². The number of carbonyl (C=O) groups is 2. The maximum Gasteiger partial charge on any atom is 0.305 e. The van der Waals surface area contributed by atoms with E-state index in [1.165, 1.54) is 0 Å². The average Bonchev–Trinajstić information content (AvgIpc) is 2.83. The van der Waals surface area contributed by atoms with Gasteiger partial charge >= 0.3 is 5.97 Å². The van der Waals surface area contributed by atoms with Crippen molar-refractivity contribution in [3.8, 4) is 5.75 Å². The van der Waals surface area contributed by atoms with E-state index in [-0.39, 0.29) is 23.2 Å². The summed E-state index contributed by atoms with van der Waals surface area (Å²) in [5, 5.41) is 0. The zero-order valence-corrected chi connectivity index (χ0v) is 21.3. The number of ether oxygens (including phenoxy) is 2. The number of esters is 1. The van der Waals surface area contributed by atoms with Crippen LogP contribution in [-0.2, 0) is 24.3 Å². The van der Waals surface area contributed by atoms with E-state index in [0.29, 0.717) is 70.4 Å². The minimum Gasteiger partial charge on any atom is -0.495 e. The molecule has 10 heteroatoms. The Bertz CT molecular complexity index is 959. The zero-order chi connectivity index (χ0) is 24.7. The molecule has 0 aliphatic carbocycles. The molecule has 1 aromatic rings. The van der Waals surface area contributed by atoms with E-state index in [0.717, 1.165) is 18.5 Å². The van der Waals surface area contributed by atoms with Gasteiger partial charge in [0.15, 0.2) is 0 Å². The van der Waals surface area contributed by atoms with Crippen molar-refractivity contribution in [1.29, 1.82) is 0 Å². The predicted octanol–water partition coefficient (Wildman–Crippen LogP) is 2.50. The molecule has 1 aromatic carbocycles. The van der Waals surface area contributed by atoms with E-state index in [1.54, 1.807) is 41.4 Å². The third-order valence-corrected chi connectivity index (χ3v) is 8.32. The van der Waals surface area contributed by atoms with Gasteiger partial charge in [-0.1, -0.05) is 6.92 Å². The number of hydrogen-bond donors (Lipinski definition) is 0. The number of rotatable bonds is 9. The summed E-state index contributed by atoms with van der Waals surface area (Å²) in [6, 6.07) is 5.02. The van der Waals surface area contributed by atoms with Gasteiger partial charge in [0, 0.05) is 52.1 Å². The highest BCUT2D eigenvalue weighted by Gasteiger charge is 2.30. The average molecular weight is 496 g/mol. The zero-order valence-electron chi connectivity index (χ0n) is 20.5. The fourth-order valence-electron chi connectivity index (χ4n) is 4.56. The van der Waals surface area contributed by atoms with E-state index < -0.39 is 10.0 Å². The number of anilines is 1. The van der Waals surface area contributed by atoms with E-state index in [2.05, 4.69) is 11.8 Å². The first kappa shape index (κ1) is 26.3. The van der Waals surface area contributed by atoms with Crippen molar-refractivity contribution in [2.75, 3.05) is 57.9 Å². The van der Waals surface area contributed by atoms with Crippen LogP contribution in [0.2, 0.25) is 0 Å². The highest BCUT2D eigenvalue weighted by atomic mass is 32.2. The van der Waals surface area contributed by atoms with Gasteiger partial charge in [-0.05, 0) is 50.3 Å². The van der Waals surface area contributed by atoms with Gasteiger partial charge in [0.2, 0.25) is 15.9 Å². The number of sulfonamides is 1. The molecule has 9 nitrogen and oxygen atoms in total. The fourth-order valence-corrected chi connectivity index (χ4v) is 6.18. The van der Waals surface area contributed by atoms with Crippen LogP contribution in [0.3, 0.4) is 0 Å². The maximum absolute atomic E-state index is 13.3. The van der Waals surface area contributed by atoms with Crippen molar-refractivity contribution in [2.24, 2.45) is 5.92 Å². The molecule has 0 unspecified atom stereocenters. The molecule has 2 heterocycles. The lowest BCUT2D eigenvalue weighted by Crippen LogP contribution is -2.49. The van der Waals surface area contributed by atoms with Crippen LogP contribution in [0.5, 0.6) is 5.75 Å². The minimum absolute atomic E-state index is 0.0199. The monoisotopic (exact) mass is 495 g/mol. The third-order valence-electron chi connectivity index (χ3n) is 6.46. The number of nitrogens with zero attached hydrogens (tertiary/aromatic N) is 3. The number of piperazine rings is 1. The lowest BCUT2D eigenvalue weighted by atomic mass is 10.0. The number of carbonyl (C=O) groups excluding carboxylic acids is 2. The summed E-state index contributed by atoms with van der Waals surface area (Å²) in [5.74, 6) is 0.705. The summed E-state index contributed by atoms with van der Waals surface area (Å²) < 4.78 is 38.6. The quantitative estimate of drug-likeness (QED) is 0.486. The number of amides is 1. The molecule has 0 saturated carbocycles. The number of hydrogen-bond acceptors (Lipinski definition) is 7. The van der Waals surface area contributed by atoms with Gasteiger partial charge < -0.3 is 19.3 Å². The maximum atomic E-state index is 13.3. The molecule has 3 rings (SSSR count). The molecule has 0 aromatic heterocycles. The lowest BCUT2D eigenvalue weighted by molar-refractivity contribution is -0.143. The SMILES string of the molecule is CCOC(=O)CCCC(=O)N1CCN(c2cc(S(=O)(=O)N3CCC[C@H](C)C3)ccc2OC)CC1. The molecule has 0 radical (unpaired) electrons. The molecule has 34 heavy (non-hydrogen) atoms. The molecule has 2 saturated heterocycles. The molecule has 0 bridgehead atoms. The number of benzene rings is 1. The Balaban J connectivity index is 1.64. The van der Waals surface area contributed by atoms with Gasteiger partial charge in [0.05, 0.1) is 24.3 Å². The Morgan fingerprint density at radius 1 is 1.09 bits per heavy atom. The molecule has 2 fully saturated rings. The normalized spacial score (nSPS) is 19.7. The van der Waals surface area contributed by atoms with Crippen LogP contribution in [0.1, 0.15) is 46.0 Å². The Morgan fingerprint density at radius 3 is 2.47 bits per heavy atom. The summed E-state index contributed by atoms with van der Waals surface area (Å²) in [7, 11) is -2.01. The van der Waals surface area contributed by atoms with Crippen LogP contribution >= 0.6 is 0 Å². The van der Waals surface area contributed by atoms with Gasteiger partial charge in [-0.2, -0.15) is 4.31 Å². The number of methoxy groups -OCH3 is 1. The molecular formula is C24H37N3O6S. The van der Waals surface area contributed by atoms with Crippen molar-refractivity contribution < 1.29 is 27.5 Å². The first-order valence-corrected chi connectivity index (χ1v) is 13.6. The summed E-state index contributed by atoms with van der Waals surface area (Å²) in [6.45, 7) is 7.48. The van der Waals surface area contributed by atoms with Crippen molar-refractivity contribution in [3.05, 3.63) is 18.2 Å². The van der Waals surface area contributed by atoms with E-state index in [1.807, 2.05) is 0 Å². The molecule has 0 N–H and O–H groups in total. The molecule has 2 aliphatic rings. The molecule has 1 amide bonds. The van der Waals surface area contributed by atoms with Crippen LogP contribution in [0.25, 0.3) is 0 Å². The highest BCUT2D eigenvalue weighted by Crippen LogP contribution is 2.33. The summed E-state index contributed by atoms with van der Waals surface area (Å²) >= 11 is 0. The van der Waals surface area contributed by atoms with Crippen LogP contribution in [0.4, 0.5) is 5.69 Å². The second-order valence-corrected chi connectivity index (χ2v) is 10.9. The summed E-state index contributed by atoms with van der Waals surface area (Å²) in [5.41, 5.74) is 0.725. The van der Waals surface area contributed by atoms with E-state index in [9.17, 15) is 18.0 Å². The van der Waals surface area contributed by atoms with Crippen molar-refractivity contribution in [3.63, 3.8) is 0 Å². The van der Waals surface area contributed by atoms with Gasteiger partial charge in [-0.3, -0.25) is 9.59 Å². The van der Waals surface area contributed by atoms with Crippen molar-refractivity contribution in [1.82, 2.24) is 9.21 Å². The van der Waals surface area contributed by atoms with Gasteiger partial charge in [-0.25, -0.2) is 8.42 Å². The Labute approximate surface area is 203 Å². The Kier molecular flexibility index (Phi) is 9.18. The van der Waals surface area contributed by atoms with Crippen LogP contribution in [0.15, 0.2) is 23.1 Å². The molecular weight excluding hydrogens is 458 g/mol. The second kappa shape index (κ2) is 11.9. The lowest BCUT2D eigenvalue weighted by Gasteiger charge is -2.37.